The average Bonchev–Trinajstić information content (AvgIpc) is 2.49. The Labute approximate surface area is 69.4 Å². The number of aryl methyl sites for hydroxylation is 1. The van der Waals surface area contributed by atoms with Crippen LogP contribution in [0.5, 0.6) is 0 Å². The van der Waals surface area contributed by atoms with Crippen LogP contribution in [-0.4, -0.2) is 5.78 Å². The lowest BCUT2D eigenvalue weighted by Crippen LogP contribution is -2.07. The van der Waals surface area contributed by atoms with Crippen molar-refractivity contribution in [2.24, 2.45) is 0 Å². The number of hydrogen-bond donors (Lipinski definition) is 0. The van der Waals surface area contributed by atoms with Crippen LogP contribution in [0.2, 0.25) is 0 Å². The summed E-state index contributed by atoms with van der Waals surface area (Å²) >= 11 is 0. The second-order valence-corrected chi connectivity index (χ2v) is 2.96. The third-order valence-corrected chi connectivity index (χ3v) is 2.10. The molecule has 12 heavy (non-hydrogen) atoms. The van der Waals surface area contributed by atoms with Crippen molar-refractivity contribution >= 4 is 5.78 Å². The first-order chi connectivity index (χ1) is 5.81. The van der Waals surface area contributed by atoms with Crippen LogP contribution >= 0.6 is 0 Å². The highest BCUT2D eigenvalue weighted by molar-refractivity contribution is 5.98. The Hall–Kier alpha value is -1.12. The van der Waals surface area contributed by atoms with Crippen molar-refractivity contribution in [3.63, 3.8) is 0 Å². The maximum atomic E-state index is 12.1. The number of halogens is 1. The van der Waals surface area contributed by atoms with Crippen LogP contribution in [-0.2, 0) is 13.1 Å². The summed E-state index contributed by atoms with van der Waals surface area (Å²) in [5, 5.41) is 0. The van der Waals surface area contributed by atoms with E-state index in [1.807, 2.05) is 0 Å². The van der Waals surface area contributed by atoms with Crippen LogP contribution < -0.4 is 0 Å². The van der Waals surface area contributed by atoms with Gasteiger partial charge in [-0.25, -0.2) is 4.39 Å². The molecule has 0 spiro atoms. The minimum atomic E-state index is -0.625. The maximum Gasteiger partial charge on any atom is 0.166 e. The van der Waals surface area contributed by atoms with Crippen molar-refractivity contribution < 1.29 is 13.6 Å². The molecule has 3 heteroatoms. The summed E-state index contributed by atoms with van der Waals surface area (Å²) < 4.78 is 17.3. The number of alkyl halides is 1. The van der Waals surface area contributed by atoms with Crippen LogP contribution in [0.1, 0.15) is 34.7 Å². The Balaban J connectivity index is 2.43. The van der Waals surface area contributed by atoms with Crippen molar-refractivity contribution in [2.45, 2.75) is 25.9 Å². The lowest BCUT2D eigenvalue weighted by molar-refractivity contribution is 0.0969. The lowest BCUT2D eigenvalue weighted by Gasteiger charge is -2.06. The number of Topliss-reactive ketones (excluding diaryl/α,β-unsaturated/α-hetero) is 1. The topological polar surface area (TPSA) is 30.2 Å². The molecular formula is C9H9FO2. The second kappa shape index (κ2) is 2.73. The lowest BCUT2D eigenvalue weighted by atomic mass is 9.97. The number of carbonyl (C=O) groups excluding carboxylic acids is 1. The van der Waals surface area contributed by atoms with E-state index < -0.39 is 6.67 Å². The molecule has 0 atom stereocenters. The van der Waals surface area contributed by atoms with Gasteiger partial charge in [-0.1, -0.05) is 0 Å². The molecule has 2 nitrogen and oxygen atoms in total. The van der Waals surface area contributed by atoms with E-state index >= 15 is 0 Å². The number of carbonyl (C=O) groups is 1. The van der Waals surface area contributed by atoms with Gasteiger partial charge in [0.1, 0.15) is 18.2 Å². The van der Waals surface area contributed by atoms with Gasteiger partial charge in [0.2, 0.25) is 0 Å². The molecule has 1 aliphatic rings. The van der Waals surface area contributed by atoms with Crippen LogP contribution in [0.15, 0.2) is 10.5 Å². The summed E-state index contributed by atoms with van der Waals surface area (Å²) in [6.45, 7) is -0.625. The number of rotatable bonds is 1. The van der Waals surface area contributed by atoms with Gasteiger partial charge in [0.25, 0.3) is 0 Å². The van der Waals surface area contributed by atoms with Crippen LogP contribution in [0, 0.1) is 0 Å². The quantitative estimate of drug-likeness (QED) is 0.643. The molecule has 0 aromatic carbocycles. The molecule has 64 valence electrons. The summed E-state index contributed by atoms with van der Waals surface area (Å²) in [7, 11) is 0. The Morgan fingerprint density at radius 3 is 3.00 bits per heavy atom. The van der Waals surface area contributed by atoms with E-state index in [9.17, 15) is 9.18 Å². The Morgan fingerprint density at radius 1 is 1.50 bits per heavy atom. The number of ketones is 1. The van der Waals surface area contributed by atoms with E-state index in [2.05, 4.69) is 0 Å². The Morgan fingerprint density at radius 2 is 2.33 bits per heavy atom. The Bertz CT molecular complexity index is 314. The second-order valence-electron chi connectivity index (χ2n) is 2.96. The molecule has 1 aromatic rings. The molecule has 0 saturated heterocycles. The average molecular weight is 168 g/mol. The van der Waals surface area contributed by atoms with Crippen molar-refractivity contribution in [2.75, 3.05) is 0 Å². The van der Waals surface area contributed by atoms with Crippen molar-refractivity contribution in [1.82, 2.24) is 0 Å². The molecule has 0 bridgehead atoms. The summed E-state index contributed by atoms with van der Waals surface area (Å²) in [5.74, 6) is 1.02. The molecule has 0 saturated carbocycles. The normalized spacial score (nSPS) is 16.2. The summed E-state index contributed by atoms with van der Waals surface area (Å²) in [6.07, 6.45) is 2.16. The predicted molar refractivity (Wildman–Crippen MR) is 40.8 cm³/mol. The van der Waals surface area contributed by atoms with E-state index in [1.54, 1.807) is 0 Å². The molecule has 0 amide bonds. The minimum Gasteiger partial charge on any atom is -0.463 e. The van der Waals surface area contributed by atoms with Crippen LogP contribution in [0.3, 0.4) is 0 Å². The van der Waals surface area contributed by atoms with Crippen LogP contribution in [0.4, 0.5) is 4.39 Å². The van der Waals surface area contributed by atoms with Gasteiger partial charge >= 0.3 is 0 Å². The van der Waals surface area contributed by atoms with E-state index in [4.69, 9.17) is 4.42 Å². The van der Waals surface area contributed by atoms with Crippen molar-refractivity contribution in [3.8, 4) is 0 Å². The monoisotopic (exact) mass is 168 g/mol. The highest BCUT2D eigenvalue weighted by Gasteiger charge is 2.21. The molecule has 1 heterocycles. The SMILES string of the molecule is O=C1CCCc2oc(CF)cc21. The van der Waals surface area contributed by atoms with Gasteiger partial charge in [-0.2, -0.15) is 0 Å². The van der Waals surface area contributed by atoms with Crippen molar-refractivity contribution in [3.05, 3.63) is 23.2 Å². The van der Waals surface area contributed by atoms with Gasteiger partial charge in [0, 0.05) is 12.8 Å². The molecule has 0 radical (unpaired) electrons. The van der Waals surface area contributed by atoms with E-state index in [0.29, 0.717) is 17.7 Å². The molecule has 1 aliphatic carbocycles. The predicted octanol–water partition coefficient (Wildman–Crippen LogP) is 2.27. The van der Waals surface area contributed by atoms with Gasteiger partial charge < -0.3 is 4.42 Å². The first kappa shape index (κ1) is 7.53. The zero-order chi connectivity index (χ0) is 8.55. The Kier molecular flexibility index (Phi) is 1.71. The zero-order valence-electron chi connectivity index (χ0n) is 6.60. The molecule has 0 fully saturated rings. The van der Waals surface area contributed by atoms with Gasteiger partial charge in [-0.15, -0.1) is 0 Å². The third kappa shape index (κ3) is 1.05. The summed E-state index contributed by atoms with van der Waals surface area (Å²) in [6, 6.07) is 1.52. The fourth-order valence-corrected chi connectivity index (χ4v) is 1.52. The van der Waals surface area contributed by atoms with Crippen molar-refractivity contribution in [1.29, 1.82) is 0 Å². The largest absolute Gasteiger partial charge is 0.463 e. The van der Waals surface area contributed by atoms with E-state index in [-0.39, 0.29) is 11.5 Å². The number of fused-ring (bicyclic) bond motifs is 1. The summed E-state index contributed by atoms with van der Waals surface area (Å²) in [4.78, 5) is 11.2. The maximum absolute atomic E-state index is 12.1. The fourth-order valence-electron chi connectivity index (χ4n) is 1.52. The molecule has 0 aliphatic heterocycles. The molecule has 2 rings (SSSR count). The zero-order valence-corrected chi connectivity index (χ0v) is 6.60. The number of hydrogen-bond acceptors (Lipinski definition) is 2. The van der Waals surface area contributed by atoms with Gasteiger partial charge in [0.15, 0.2) is 5.78 Å². The van der Waals surface area contributed by atoms with E-state index in [1.165, 1.54) is 6.07 Å². The minimum absolute atomic E-state index is 0.0831. The molecule has 0 N–H and O–H groups in total. The number of furan rings is 1. The molecule has 1 aromatic heterocycles. The first-order valence-corrected chi connectivity index (χ1v) is 4.02. The van der Waals surface area contributed by atoms with Crippen LogP contribution in [0.25, 0.3) is 0 Å². The van der Waals surface area contributed by atoms with Gasteiger partial charge in [-0.05, 0) is 12.5 Å². The third-order valence-electron chi connectivity index (χ3n) is 2.10. The molecular weight excluding hydrogens is 159 g/mol. The van der Waals surface area contributed by atoms with Gasteiger partial charge in [-0.3, -0.25) is 4.79 Å². The summed E-state index contributed by atoms with van der Waals surface area (Å²) in [5.41, 5.74) is 0.592. The fraction of sp³-hybridized carbons (Fsp3) is 0.444. The first-order valence-electron chi connectivity index (χ1n) is 4.02. The smallest absolute Gasteiger partial charge is 0.166 e. The standard InChI is InChI=1S/C9H9FO2/c10-5-6-4-7-8(11)2-1-3-9(7)12-6/h4H,1-3,5H2. The van der Waals surface area contributed by atoms with Gasteiger partial charge in [0.05, 0.1) is 5.56 Å². The van der Waals surface area contributed by atoms with E-state index in [0.717, 1.165) is 12.8 Å². The molecule has 0 unspecified atom stereocenters. The highest BCUT2D eigenvalue weighted by atomic mass is 19.1. The highest BCUT2D eigenvalue weighted by Crippen LogP contribution is 2.24.